The maximum Gasteiger partial charge on any atom is 0.416 e. The molecule has 170 valence electrons. The summed E-state index contributed by atoms with van der Waals surface area (Å²) in [5, 5.41) is 8.96. The number of carboxylic acids is 1. The van der Waals surface area contributed by atoms with Gasteiger partial charge in [-0.1, -0.05) is 23.8 Å². The Balaban J connectivity index is 1.44. The van der Waals surface area contributed by atoms with E-state index in [1.165, 1.54) is 12.1 Å². The number of fused-ring (bicyclic) bond motifs is 1. The van der Waals surface area contributed by atoms with E-state index in [0.717, 1.165) is 23.3 Å². The van der Waals surface area contributed by atoms with Crippen LogP contribution in [0.1, 0.15) is 48.5 Å². The first kappa shape index (κ1) is 22.6. The van der Waals surface area contributed by atoms with E-state index >= 15 is 0 Å². The molecule has 1 aliphatic rings. The minimum Gasteiger partial charge on any atom is -0.489 e. The van der Waals surface area contributed by atoms with Gasteiger partial charge in [-0.05, 0) is 78.9 Å². The SMILES string of the molecule is Cc1cc(CC2Cc3cc(OCc4ccc(C(=O)O)cc4)ccc3C2=O)cc(C(F)(F)F)c1. The number of hydrogen-bond donors (Lipinski definition) is 1. The van der Waals surface area contributed by atoms with Gasteiger partial charge < -0.3 is 9.84 Å². The fourth-order valence-corrected chi connectivity index (χ4v) is 4.15. The maximum absolute atomic E-state index is 13.1. The van der Waals surface area contributed by atoms with Crippen molar-refractivity contribution in [3.05, 3.63) is 99.6 Å². The van der Waals surface area contributed by atoms with Crippen molar-refractivity contribution >= 4 is 11.8 Å². The molecule has 0 aromatic heterocycles. The van der Waals surface area contributed by atoms with Crippen molar-refractivity contribution in [3.63, 3.8) is 0 Å². The van der Waals surface area contributed by atoms with Crippen molar-refractivity contribution in [3.8, 4) is 5.75 Å². The lowest BCUT2D eigenvalue weighted by Gasteiger charge is -2.13. The highest BCUT2D eigenvalue weighted by atomic mass is 19.4. The summed E-state index contributed by atoms with van der Waals surface area (Å²) in [7, 11) is 0. The molecule has 0 radical (unpaired) electrons. The first-order valence-corrected chi connectivity index (χ1v) is 10.4. The number of carbonyl (C=O) groups is 2. The molecule has 0 fully saturated rings. The summed E-state index contributed by atoms with van der Waals surface area (Å²) < 4.78 is 45.2. The van der Waals surface area contributed by atoms with Crippen LogP contribution in [0.2, 0.25) is 0 Å². The summed E-state index contributed by atoms with van der Waals surface area (Å²) >= 11 is 0. The van der Waals surface area contributed by atoms with Crippen LogP contribution in [0.5, 0.6) is 5.75 Å². The topological polar surface area (TPSA) is 63.6 Å². The summed E-state index contributed by atoms with van der Waals surface area (Å²) in [5.74, 6) is -0.919. The second kappa shape index (κ2) is 8.73. The highest BCUT2D eigenvalue weighted by Crippen LogP contribution is 2.34. The quantitative estimate of drug-likeness (QED) is 0.505. The lowest BCUT2D eigenvalue weighted by Crippen LogP contribution is -2.13. The van der Waals surface area contributed by atoms with Crippen molar-refractivity contribution in [2.75, 3.05) is 0 Å². The summed E-state index contributed by atoms with van der Waals surface area (Å²) in [6, 6.07) is 15.4. The van der Waals surface area contributed by atoms with Crippen molar-refractivity contribution in [1.82, 2.24) is 0 Å². The van der Waals surface area contributed by atoms with E-state index in [-0.39, 0.29) is 24.4 Å². The predicted octanol–water partition coefficient (Wildman–Crippen LogP) is 5.89. The van der Waals surface area contributed by atoms with Gasteiger partial charge in [0.05, 0.1) is 11.1 Å². The standard InChI is InChI=1S/C26H21F3O4/c1-15-8-17(11-21(9-15)26(27,28)29)10-20-12-19-13-22(6-7-23(19)24(20)30)33-14-16-2-4-18(5-3-16)25(31)32/h2-9,11,13,20H,10,12,14H2,1H3,(H,31,32). The maximum atomic E-state index is 13.1. The van der Waals surface area contributed by atoms with Gasteiger partial charge in [0.2, 0.25) is 0 Å². The first-order valence-electron chi connectivity index (χ1n) is 10.4. The molecule has 0 bridgehead atoms. The number of carboxylic acid groups (broad SMARTS) is 1. The van der Waals surface area contributed by atoms with Gasteiger partial charge in [0, 0.05) is 11.5 Å². The number of aryl methyl sites for hydroxylation is 1. The zero-order valence-corrected chi connectivity index (χ0v) is 17.8. The van der Waals surface area contributed by atoms with Gasteiger partial charge in [-0.3, -0.25) is 4.79 Å². The molecule has 0 saturated carbocycles. The lowest BCUT2D eigenvalue weighted by atomic mass is 9.93. The Bertz CT molecular complexity index is 1210. The molecule has 0 aliphatic heterocycles. The molecule has 4 rings (SSSR count). The fourth-order valence-electron chi connectivity index (χ4n) is 4.15. The second-order valence-corrected chi connectivity index (χ2v) is 8.28. The molecule has 0 spiro atoms. The lowest BCUT2D eigenvalue weighted by molar-refractivity contribution is -0.137. The third-order valence-corrected chi connectivity index (χ3v) is 5.73. The summed E-state index contributed by atoms with van der Waals surface area (Å²) in [5.41, 5.74) is 2.68. The largest absolute Gasteiger partial charge is 0.489 e. The monoisotopic (exact) mass is 454 g/mol. The van der Waals surface area contributed by atoms with Gasteiger partial charge in [-0.15, -0.1) is 0 Å². The molecule has 0 heterocycles. The van der Waals surface area contributed by atoms with Crippen LogP contribution in [0.4, 0.5) is 13.2 Å². The van der Waals surface area contributed by atoms with E-state index in [2.05, 4.69) is 0 Å². The normalized spacial score (nSPS) is 15.4. The van der Waals surface area contributed by atoms with Crippen LogP contribution in [-0.2, 0) is 25.6 Å². The van der Waals surface area contributed by atoms with E-state index < -0.39 is 23.6 Å². The number of halogens is 3. The molecule has 1 atom stereocenters. The number of ether oxygens (including phenoxy) is 1. The molecule has 1 aliphatic carbocycles. The van der Waals surface area contributed by atoms with Crippen LogP contribution in [0.15, 0.2) is 60.7 Å². The number of carbonyl (C=O) groups excluding carboxylic acids is 1. The van der Waals surface area contributed by atoms with Gasteiger partial charge in [0.25, 0.3) is 0 Å². The van der Waals surface area contributed by atoms with E-state index in [9.17, 15) is 22.8 Å². The number of rotatable bonds is 6. The third-order valence-electron chi connectivity index (χ3n) is 5.73. The van der Waals surface area contributed by atoms with E-state index in [0.29, 0.717) is 28.9 Å². The van der Waals surface area contributed by atoms with Crippen LogP contribution in [0.25, 0.3) is 0 Å². The van der Waals surface area contributed by atoms with E-state index in [4.69, 9.17) is 9.84 Å². The fraction of sp³-hybridized carbons (Fsp3) is 0.231. The minimum absolute atomic E-state index is 0.0733. The molecule has 7 heteroatoms. The van der Waals surface area contributed by atoms with Crippen LogP contribution >= 0.6 is 0 Å². The second-order valence-electron chi connectivity index (χ2n) is 8.28. The highest BCUT2D eigenvalue weighted by molar-refractivity contribution is 6.02. The average Bonchev–Trinajstić information content (AvgIpc) is 3.06. The Kier molecular flexibility index (Phi) is 5.97. The molecule has 1 N–H and O–H groups in total. The van der Waals surface area contributed by atoms with Gasteiger partial charge in [0.15, 0.2) is 5.78 Å². The Morgan fingerprint density at radius 3 is 2.42 bits per heavy atom. The smallest absolute Gasteiger partial charge is 0.416 e. The molecule has 3 aromatic rings. The van der Waals surface area contributed by atoms with Gasteiger partial charge in [-0.25, -0.2) is 4.79 Å². The van der Waals surface area contributed by atoms with Crippen molar-refractivity contribution in [1.29, 1.82) is 0 Å². The Morgan fingerprint density at radius 1 is 1.03 bits per heavy atom. The van der Waals surface area contributed by atoms with Crippen LogP contribution in [0, 0.1) is 12.8 Å². The highest BCUT2D eigenvalue weighted by Gasteiger charge is 2.33. The van der Waals surface area contributed by atoms with Crippen LogP contribution in [-0.4, -0.2) is 16.9 Å². The number of Topliss-reactive ketones (excluding diaryl/α,β-unsaturated/α-hetero) is 1. The van der Waals surface area contributed by atoms with E-state index in [1.807, 2.05) is 0 Å². The minimum atomic E-state index is -4.43. The number of alkyl halides is 3. The Hall–Kier alpha value is -3.61. The van der Waals surface area contributed by atoms with Crippen LogP contribution < -0.4 is 4.74 Å². The molecular weight excluding hydrogens is 433 g/mol. The third kappa shape index (κ3) is 5.08. The Labute approximate surface area is 188 Å². The summed E-state index contributed by atoms with van der Waals surface area (Å²) in [4.78, 5) is 23.8. The van der Waals surface area contributed by atoms with Crippen LogP contribution in [0.3, 0.4) is 0 Å². The number of aromatic carboxylic acids is 1. The number of benzene rings is 3. The number of ketones is 1. The first-order chi connectivity index (χ1) is 15.6. The number of hydrogen-bond acceptors (Lipinski definition) is 3. The zero-order valence-electron chi connectivity index (χ0n) is 17.8. The summed E-state index contributed by atoms with van der Waals surface area (Å²) in [6.07, 6.45) is -3.75. The predicted molar refractivity (Wildman–Crippen MR) is 116 cm³/mol. The molecule has 0 saturated heterocycles. The molecule has 1 unspecified atom stereocenters. The van der Waals surface area contributed by atoms with Crippen molar-refractivity contribution < 1.29 is 32.6 Å². The van der Waals surface area contributed by atoms with E-state index in [1.54, 1.807) is 43.3 Å². The van der Waals surface area contributed by atoms with Gasteiger partial charge >= 0.3 is 12.1 Å². The van der Waals surface area contributed by atoms with Gasteiger partial charge in [-0.2, -0.15) is 13.2 Å². The molecule has 3 aromatic carbocycles. The molecule has 33 heavy (non-hydrogen) atoms. The average molecular weight is 454 g/mol. The van der Waals surface area contributed by atoms with Crippen molar-refractivity contribution in [2.45, 2.75) is 32.5 Å². The zero-order chi connectivity index (χ0) is 23.8. The Morgan fingerprint density at radius 2 is 1.76 bits per heavy atom. The van der Waals surface area contributed by atoms with Crippen molar-refractivity contribution in [2.24, 2.45) is 5.92 Å². The van der Waals surface area contributed by atoms with Gasteiger partial charge in [0.1, 0.15) is 12.4 Å². The summed E-state index contributed by atoms with van der Waals surface area (Å²) in [6.45, 7) is 1.85. The molecule has 0 amide bonds. The molecular formula is C26H21F3O4. The molecule has 4 nitrogen and oxygen atoms in total.